The van der Waals surface area contributed by atoms with E-state index in [4.69, 9.17) is 0 Å². The smallest absolute Gasteiger partial charge is 0.271 e. The van der Waals surface area contributed by atoms with Crippen LogP contribution in [0.15, 0.2) is 6.07 Å². The maximum absolute atomic E-state index is 11.9. The van der Waals surface area contributed by atoms with Crippen LogP contribution in [0.2, 0.25) is 0 Å². The van der Waals surface area contributed by atoms with E-state index in [1.807, 2.05) is 4.90 Å². The lowest BCUT2D eigenvalue weighted by atomic mass is 10.2. The van der Waals surface area contributed by atoms with Gasteiger partial charge in [-0.05, 0) is 12.5 Å². The topological polar surface area (TPSA) is 95.2 Å². The number of aryl methyl sites for hydroxylation is 1. The average Bonchev–Trinajstić information content (AvgIpc) is 2.90. The molecule has 7 nitrogen and oxygen atoms in total. The molecule has 0 aromatic carbocycles. The molecule has 1 fully saturated rings. The van der Waals surface area contributed by atoms with E-state index >= 15 is 0 Å². The first-order valence-electron chi connectivity index (χ1n) is 7.25. The predicted molar refractivity (Wildman–Crippen MR) is 80.0 cm³/mol. The van der Waals surface area contributed by atoms with E-state index in [2.05, 4.69) is 22.4 Å². The summed E-state index contributed by atoms with van der Waals surface area (Å²) in [6.45, 7) is 4.31. The Kier molecular flexibility index (Phi) is 5.35. The Labute approximate surface area is 125 Å². The van der Waals surface area contributed by atoms with Crippen molar-refractivity contribution in [2.45, 2.75) is 19.8 Å². The summed E-state index contributed by atoms with van der Waals surface area (Å²) in [7, 11) is -2.85. The second kappa shape index (κ2) is 7.04. The van der Waals surface area contributed by atoms with E-state index in [9.17, 15) is 13.2 Å². The fourth-order valence-electron chi connectivity index (χ4n) is 2.27. The van der Waals surface area contributed by atoms with E-state index in [0.717, 1.165) is 18.5 Å². The lowest BCUT2D eigenvalue weighted by molar-refractivity contribution is 0.0943. The largest absolute Gasteiger partial charge is 0.349 e. The number of sulfone groups is 1. The molecular formula is C13H22N4O3S. The first-order chi connectivity index (χ1) is 10.00. The summed E-state index contributed by atoms with van der Waals surface area (Å²) in [6.07, 6.45) is 1.88. The first-order valence-corrected chi connectivity index (χ1v) is 9.07. The van der Waals surface area contributed by atoms with Crippen molar-refractivity contribution in [2.24, 2.45) is 0 Å². The van der Waals surface area contributed by atoms with E-state index in [0.29, 0.717) is 31.9 Å². The van der Waals surface area contributed by atoms with Crippen molar-refractivity contribution in [3.8, 4) is 0 Å². The van der Waals surface area contributed by atoms with Gasteiger partial charge >= 0.3 is 0 Å². The summed E-state index contributed by atoms with van der Waals surface area (Å²) in [5, 5.41) is 9.65. The number of carbonyl (C=O) groups is 1. The van der Waals surface area contributed by atoms with Crippen molar-refractivity contribution in [1.82, 2.24) is 20.4 Å². The molecule has 2 heterocycles. The maximum Gasteiger partial charge on any atom is 0.271 e. The Morgan fingerprint density at radius 1 is 1.43 bits per heavy atom. The van der Waals surface area contributed by atoms with Gasteiger partial charge in [-0.15, -0.1) is 0 Å². The molecule has 8 heteroatoms. The Bertz CT molecular complexity index is 568. The van der Waals surface area contributed by atoms with Gasteiger partial charge in [0.25, 0.3) is 5.91 Å². The highest BCUT2D eigenvalue weighted by atomic mass is 32.2. The first kappa shape index (κ1) is 16.0. The number of nitrogens with one attached hydrogen (secondary N) is 2. The van der Waals surface area contributed by atoms with Crippen LogP contribution in [-0.4, -0.2) is 67.1 Å². The summed E-state index contributed by atoms with van der Waals surface area (Å²) in [6, 6.07) is 1.77. The summed E-state index contributed by atoms with van der Waals surface area (Å²) in [4.78, 5) is 13.9. The van der Waals surface area contributed by atoms with Crippen LogP contribution >= 0.6 is 0 Å². The lowest BCUT2D eigenvalue weighted by Gasteiger charge is -2.26. The van der Waals surface area contributed by atoms with Gasteiger partial charge in [-0.2, -0.15) is 5.10 Å². The highest BCUT2D eigenvalue weighted by molar-refractivity contribution is 7.91. The minimum absolute atomic E-state index is 0.196. The third-order valence-corrected chi connectivity index (χ3v) is 5.14. The molecule has 1 aromatic heterocycles. The molecule has 21 heavy (non-hydrogen) atoms. The molecule has 2 rings (SSSR count). The molecule has 0 saturated carbocycles. The van der Waals surface area contributed by atoms with Crippen LogP contribution < -0.4 is 5.32 Å². The van der Waals surface area contributed by atoms with Crippen molar-refractivity contribution >= 4 is 15.7 Å². The van der Waals surface area contributed by atoms with E-state index in [1.165, 1.54) is 0 Å². The second-order valence-electron chi connectivity index (χ2n) is 5.28. The van der Waals surface area contributed by atoms with Crippen LogP contribution in [0.5, 0.6) is 0 Å². The molecule has 1 aromatic rings. The third kappa shape index (κ3) is 4.82. The maximum atomic E-state index is 11.9. The van der Waals surface area contributed by atoms with Crippen molar-refractivity contribution < 1.29 is 13.2 Å². The summed E-state index contributed by atoms with van der Waals surface area (Å²) in [5.74, 6) is 0.222. The van der Waals surface area contributed by atoms with Crippen LogP contribution in [0.4, 0.5) is 0 Å². The second-order valence-corrected chi connectivity index (χ2v) is 7.58. The van der Waals surface area contributed by atoms with E-state index in [1.54, 1.807) is 6.07 Å². The minimum atomic E-state index is -2.85. The molecule has 0 bridgehead atoms. The Balaban J connectivity index is 1.71. The number of H-pyrrole nitrogens is 1. The number of aromatic nitrogens is 2. The monoisotopic (exact) mass is 314 g/mol. The normalized spacial score (nSPS) is 18.5. The highest BCUT2D eigenvalue weighted by Crippen LogP contribution is 2.04. The van der Waals surface area contributed by atoms with Crippen molar-refractivity contribution in [1.29, 1.82) is 0 Å². The quantitative estimate of drug-likeness (QED) is 0.759. The lowest BCUT2D eigenvalue weighted by Crippen LogP contribution is -2.43. The number of hydrogen-bond donors (Lipinski definition) is 2. The molecule has 0 unspecified atom stereocenters. The average molecular weight is 314 g/mol. The number of rotatable bonds is 6. The fourth-order valence-corrected chi connectivity index (χ4v) is 3.54. The Morgan fingerprint density at radius 3 is 2.81 bits per heavy atom. The SMILES string of the molecule is CCCc1cc(C(=O)NCCN2CCS(=O)(=O)CC2)n[nH]1. The standard InChI is InChI=1S/C13H22N4O3S/c1-2-3-11-10-12(16-15-11)13(18)14-4-5-17-6-8-21(19,20)9-7-17/h10H,2-9H2,1H3,(H,14,18)(H,15,16). The molecule has 0 atom stereocenters. The third-order valence-electron chi connectivity index (χ3n) is 3.53. The van der Waals surface area contributed by atoms with Gasteiger partial charge in [0.1, 0.15) is 5.69 Å². The molecule has 0 spiro atoms. The molecule has 0 radical (unpaired) electrons. The Hall–Kier alpha value is -1.41. The molecule has 0 aliphatic carbocycles. The van der Waals surface area contributed by atoms with Crippen LogP contribution in [0, 0.1) is 0 Å². The van der Waals surface area contributed by atoms with E-state index < -0.39 is 9.84 Å². The van der Waals surface area contributed by atoms with Gasteiger partial charge in [0.05, 0.1) is 11.5 Å². The zero-order valence-electron chi connectivity index (χ0n) is 12.3. The molecule has 1 aliphatic heterocycles. The van der Waals surface area contributed by atoms with Gasteiger partial charge in [0.15, 0.2) is 9.84 Å². The number of amides is 1. The molecule has 118 valence electrons. The van der Waals surface area contributed by atoms with Crippen LogP contribution in [0.25, 0.3) is 0 Å². The van der Waals surface area contributed by atoms with Crippen molar-refractivity contribution in [3.63, 3.8) is 0 Å². The summed E-state index contributed by atoms with van der Waals surface area (Å²) in [5.41, 5.74) is 1.36. The molecule has 2 N–H and O–H groups in total. The van der Waals surface area contributed by atoms with Crippen molar-refractivity contribution in [3.05, 3.63) is 17.5 Å². The summed E-state index contributed by atoms with van der Waals surface area (Å²) < 4.78 is 22.6. The zero-order chi connectivity index (χ0) is 15.3. The van der Waals surface area contributed by atoms with Crippen LogP contribution in [0.3, 0.4) is 0 Å². The van der Waals surface area contributed by atoms with Crippen LogP contribution in [-0.2, 0) is 16.3 Å². The van der Waals surface area contributed by atoms with Gasteiger partial charge in [-0.25, -0.2) is 8.42 Å². The number of aromatic amines is 1. The van der Waals surface area contributed by atoms with Gasteiger partial charge in [-0.3, -0.25) is 14.8 Å². The Morgan fingerprint density at radius 2 is 2.14 bits per heavy atom. The van der Waals surface area contributed by atoms with E-state index in [-0.39, 0.29) is 17.4 Å². The van der Waals surface area contributed by atoms with Gasteiger partial charge in [0.2, 0.25) is 0 Å². The number of nitrogens with zero attached hydrogens (tertiary/aromatic N) is 2. The predicted octanol–water partition coefficient (Wildman–Crippen LogP) is -0.178. The van der Waals surface area contributed by atoms with Crippen molar-refractivity contribution in [2.75, 3.05) is 37.7 Å². The highest BCUT2D eigenvalue weighted by Gasteiger charge is 2.21. The zero-order valence-corrected chi connectivity index (χ0v) is 13.1. The number of hydrogen-bond acceptors (Lipinski definition) is 5. The molecule has 1 amide bonds. The minimum Gasteiger partial charge on any atom is -0.349 e. The van der Waals surface area contributed by atoms with Gasteiger partial charge in [0, 0.05) is 31.9 Å². The number of carbonyl (C=O) groups excluding carboxylic acids is 1. The van der Waals surface area contributed by atoms with Crippen LogP contribution in [0.1, 0.15) is 29.5 Å². The molecular weight excluding hydrogens is 292 g/mol. The van der Waals surface area contributed by atoms with Gasteiger partial charge < -0.3 is 5.32 Å². The van der Waals surface area contributed by atoms with Gasteiger partial charge in [-0.1, -0.05) is 13.3 Å². The fraction of sp³-hybridized carbons (Fsp3) is 0.692. The molecule has 1 aliphatic rings. The summed E-state index contributed by atoms with van der Waals surface area (Å²) >= 11 is 0. The molecule has 1 saturated heterocycles.